The van der Waals surface area contributed by atoms with Gasteiger partial charge in [0.2, 0.25) is 5.90 Å². The number of esters is 1. The summed E-state index contributed by atoms with van der Waals surface area (Å²) in [5.74, 6) is -0.312. The number of aliphatic hydroxyl groups is 1. The third-order valence-electron chi connectivity index (χ3n) is 7.28. The van der Waals surface area contributed by atoms with Crippen LogP contribution in [0.3, 0.4) is 0 Å². The summed E-state index contributed by atoms with van der Waals surface area (Å²) in [7, 11) is 0. The fourth-order valence-corrected chi connectivity index (χ4v) is 5.38. The molecule has 0 bridgehead atoms. The van der Waals surface area contributed by atoms with Crippen molar-refractivity contribution in [2.24, 2.45) is 10.1 Å². The van der Waals surface area contributed by atoms with Crippen LogP contribution in [0, 0.1) is 0 Å². The highest BCUT2D eigenvalue weighted by molar-refractivity contribution is 6.42. The first-order valence-electron chi connectivity index (χ1n) is 15.3. The second-order valence-electron chi connectivity index (χ2n) is 12.0. The van der Waals surface area contributed by atoms with Gasteiger partial charge in [-0.2, -0.15) is 0 Å². The average Bonchev–Trinajstić information content (AvgIpc) is 3.45. The van der Waals surface area contributed by atoms with Crippen molar-refractivity contribution in [3.05, 3.63) is 109 Å². The predicted octanol–water partition coefficient (Wildman–Crippen LogP) is 6.76. The molecule has 4 rings (SSSR count). The van der Waals surface area contributed by atoms with Crippen LogP contribution in [0.25, 0.3) is 10.4 Å². The first kappa shape index (κ1) is 36.5. The van der Waals surface area contributed by atoms with Crippen molar-refractivity contribution in [1.82, 2.24) is 10.9 Å². The molecule has 12 nitrogen and oxygen atoms in total. The van der Waals surface area contributed by atoms with Gasteiger partial charge < -0.3 is 19.3 Å². The van der Waals surface area contributed by atoms with Gasteiger partial charge in [-0.05, 0) is 85.8 Å². The minimum Gasteiger partial charge on any atom is -0.494 e. The maximum Gasteiger partial charge on any atom is 0.306 e. The van der Waals surface area contributed by atoms with Crippen LogP contribution < -0.4 is 15.6 Å². The molecule has 0 saturated heterocycles. The summed E-state index contributed by atoms with van der Waals surface area (Å²) in [6, 6.07) is 19.2. The number of hydrazine groups is 1. The van der Waals surface area contributed by atoms with Crippen molar-refractivity contribution in [2.75, 3.05) is 13.2 Å². The summed E-state index contributed by atoms with van der Waals surface area (Å²) in [6.45, 7) is 5.87. The number of nitrogens with one attached hydrogen (secondary N) is 2. The first-order chi connectivity index (χ1) is 23.0. The lowest BCUT2D eigenvalue weighted by atomic mass is 9.82. The molecule has 2 atom stereocenters. The number of nitrogens with zero attached hydrogens (tertiary/aromatic N) is 4. The third-order valence-corrected chi connectivity index (χ3v) is 8.02. The van der Waals surface area contributed by atoms with Crippen LogP contribution in [0.15, 0.2) is 76.8 Å². The van der Waals surface area contributed by atoms with E-state index in [1.54, 1.807) is 87.5 Å². The summed E-state index contributed by atoms with van der Waals surface area (Å²) in [4.78, 5) is 35.2. The Balaban J connectivity index is 1.74. The molecule has 3 N–H and O–H groups in total. The molecule has 1 aliphatic rings. The van der Waals surface area contributed by atoms with Crippen LogP contribution in [-0.2, 0) is 32.2 Å². The monoisotopic (exact) mass is 696 g/mol. The van der Waals surface area contributed by atoms with Crippen molar-refractivity contribution < 1.29 is 28.9 Å². The summed E-state index contributed by atoms with van der Waals surface area (Å²) in [6.07, 6.45) is -0.755. The quantitative estimate of drug-likeness (QED) is 0.0394. The minimum absolute atomic E-state index is 0.00107. The van der Waals surface area contributed by atoms with E-state index in [1.165, 1.54) is 0 Å². The molecule has 0 aliphatic carbocycles. The Hall–Kier alpha value is -4.32. The van der Waals surface area contributed by atoms with Gasteiger partial charge in [0.15, 0.2) is 11.6 Å². The molecule has 254 valence electrons. The standard InChI is InChI=1S/C34H38Cl2N6O6/c1-33(2,3)48-29(44)15-16-34(32(45)41-38-20-22-9-14-27(35)28(36)19-22)30(26-8-5-4-7-24(26)21-39-42-37)47-31(40-34)23-10-12-25(13-11-23)46-18-6-17-43/h4-5,7-14,19,30,38,43H,6,15-18,20-21H2,1-3H3,(H,41,45)/t30-,34-/m0/s1. The van der Waals surface area contributed by atoms with Gasteiger partial charge in [0.05, 0.1) is 23.2 Å². The van der Waals surface area contributed by atoms with Crippen LogP contribution in [0.1, 0.15) is 68.4 Å². The Kier molecular flexibility index (Phi) is 12.7. The zero-order chi connectivity index (χ0) is 34.7. The molecule has 1 aliphatic heterocycles. The Morgan fingerprint density at radius 2 is 1.85 bits per heavy atom. The van der Waals surface area contributed by atoms with E-state index in [-0.39, 0.29) is 38.4 Å². The van der Waals surface area contributed by atoms with Gasteiger partial charge in [0.1, 0.15) is 11.4 Å². The van der Waals surface area contributed by atoms with Crippen molar-refractivity contribution in [3.63, 3.8) is 0 Å². The molecular weight excluding hydrogens is 659 g/mol. The molecule has 0 fully saturated rings. The molecule has 1 heterocycles. The molecule has 48 heavy (non-hydrogen) atoms. The van der Waals surface area contributed by atoms with Gasteiger partial charge in [0.25, 0.3) is 5.91 Å². The number of aliphatic hydroxyl groups excluding tert-OH is 1. The second-order valence-corrected chi connectivity index (χ2v) is 12.8. The number of ether oxygens (including phenoxy) is 3. The second kappa shape index (κ2) is 16.7. The third kappa shape index (κ3) is 9.62. The number of benzene rings is 3. The van der Waals surface area contributed by atoms with Crippen molar-refractivity contribution in [1.29, 1.82) is 0 Å². The fourth-order valence-electron chi connectivity index (χ4n) is 5.06. The Bertz CT molecular complexity index is 1670. The summed E-state index contributed by atoms with van der Waals surface area (Å²) in [5.41, 5.74) is 14.9. The van der Waals surface area contributed by atoms with Crippen LogP contribution >= 0.6 is 23.2 Å². The van der Waals surface area contributed by atoms with E-state index in [1.807, 2.05) is 0 Å². The minimum atomic E-state index is -1.67. The molecule has 0 unspecified atom stereocenters. The highest BCUT2D eigenvalue weighted by Crippen LogP contribution is 2.44. The van der Waals surface area contributed by atoms with E-state index >= 15 is 0 Å². The molecule has 0 aromatic heterocycles. The lowest BCUT2D eigenvalue weighted by molar-refractivity contribution is -0.155. The average molecular weight is 698 g/mol. The number of azide groups is 1. The number of carbonyl (C=O) groups excluding carboxylic acids is 2. The van der Waals surface area contributed by atoms with Gasteiger partial charge >= 0.3 is 5.97 Å². The lowest BCUT2D eigenvalue weighted by Gasteiger charge is -2.31. The highest BCUT2D eigenvalue weighted by atomic mass is 35.5. The first-order valence-corrected chi connectivity index (χ1v) is 16.1. The summed E-state index contributed by atoms with van der Waals surface area (Å²) < 4.78 is 17.8. The SMILES string of the molecule is CC(C)(C)OC(=O)CC[C@]1(C(=O)NNCc2ccc(Cl)c(Cl)c2)N=C(c2ccc(OCCCO)cc2)O[C@H]1c1ccccc1CN=[N+]=[N-]. The number of carbonyl (C=O) groups is 2. The highest BCUT2D eigenvalue weighted by Gasteiger charge is 2.54. The molecule has 3 aromatic carbocycles. The normalized spacial score (nSPS) is 17.1. The largest absolute Gasteiger partial charge is 0.494 e. The van der Waals surface area contributed by atoms with Crippen LogP contribution in [0.5, 0.6) is 5.75 Å². The van der Waals surface area contributed by atoms with Gasteiger partial charge in [-0.1, -0.05) is 58.6 Å². The van der Waals surface area contributed by atoms with E-state index < -0.39 is 29.1 Å². The molecule has 1 amide bonds. The van der Waals surface area contributed by atoms with Gasteiger partial charge in [0, 0.05) is 36.5 Å². The van der Waals surface area contributed by atoms with Crippen LogP contribution in [0.2, 0.25) is 10.0 Å². The van der Waals surface area contributed by atoms with Gasteiger partial charge in [-0.15, -0.1) is 0 Å². The van der Waals surface area contributed by atoms with Crippen molar-refractivity contribution in [2.45, 2.75) is 70.4 Å². The number of hydrogen-bond acceptors (Lipinski definition) is 9. The number of amides is 1. The lowest BCUT2D eigenvalue weighted by Crippen LogP contribution is -2.53. The van der Waals surface area contributed by atoms with E-state index in [0.29, 0.717) is 45.5 Å². The topological polar surface area (TPSA) is 167 Å². The van der Waals surface area contributed by atoms with Crippen LogP contribution in [-0.4, -0.2) is 47.2 Å². The molecule has 0 radical (unpaired) electrons. The van der Waals surface area contributed by atoms with Gasteiger partial charge in [-0.3, -0.25) is 15.0 Å². The van der Waals surface area contributed by atoms with E-state index in [0.717, 1.165) is 5.56 Å². The maximum absolute atomic E-state index is 14.4. The number of hydrogen-bond donors (Lipinski definition) is 3. The molecule has 14 heteroatoms. The fraction of sp³-hybridized carbons (Fsp3) is 0.382. The number of rotatable bonds is 15. The number of aliphatic imine (C=N–C) groups is 1. The Morgan fingerprint density at radius 1 is 1.10 bits per heavy atom. The molecule has 0 spiro atoms. The zero-order valence-electron chi connectivity index (χ0n) is 26.9. The van der Waals surface area contributed by atoms with E-state index in [2.05, 4.69) is 20.9 Å². The summed E-state index contributed by atoms with van der Waals surface area (Å²) in [5, 5.41) is 13.6. The smallest absolute Gasteiger partial charge is 0.306 e. The number of halogens is 2. The van der Waals surface area contributed by atoms with E-state index in [9.17, 15) is 9.59 Å². The van der Waals surface area contributed by atoms with Crippen molar-refractivity contribution >= 4 is 41.0 Å². The predicted molar refractivity (Wildman–Crippen MR) is 183 cm³/mol. The van der Waals surface area contributed by atoms with Gasteiger partial charge in [-0.25, -0.2) is 10.4 Å². The van der Waals surface area contributed by atoms with E-state index in [4.69, 9.17) is 53.0 Å². The Morgan fingerprint density at radius 3 is 2.54 bits per heavy atom. The summed E-state index contributed by atoms with van der Waals surface area (Å²) >= 11 is 12.2. The van der Waals surface area contributed by atoms with Crippen molar-refractivity contribution in [3.8, 4) is 5.75 Å². The molecule has 3 aromatic rings. The molecular formula is C34H38Cl2N6O6. The Labute approximate surface area is 289 Å². The molecule has 0 saturated carbocycles. The van der Waals surface area contributed by atoms with Crippen LogP contribution in [0.4, 0.5) is 0 Å². The maximum atomic E-state index is 14.4. The zero-order valence-corrected chi connectivity index (χ0v) is 28.4.